The largest absolute Gasteiger partial charge is 0.330 e. The third-order valence-electron chi connectivity index (χ3n) is 1.22. The number of unbranched alkanes of at least 4 members (excludes halogenated alkanes) is 3. The third kappa shape index (κ3) is 7.88. The summed E-state index contributed by atoms with van der Waals surface area (Å²) < 4.78 is 0. The van der Waals surface area contributed by atoms with Crippen LogP contribution < -0.4 is 11.6 Å². The van der Waals surface area contributed by atoms with E-state index in [1.165, 1.54) is 12.8 Å². The van der Waals surface area contributed by atoms with Crippen molar-refractivity contribution in [3.63, 3.8) is 0 Å². The molecular formula is C6H16N2O. The van der Waals surface area contributed by atoms with E-state index in [-0.39, 0.29) is 0 Å². The Hall–Kier alpha value is -0.120. The molecule has 56 valence electrons. The van der Waals surface area contributed by atoms with Gasteiger partial charge in [-0.15, -0.1) is 0 Å². The highest BCUT2D eigenvalue weighted by Gasteiger charge is 1.86. The fourth-order valence-electron chi connectivity index (χ4n) is 0.683. The summed E-state index contributed by atoms with van der Waals surface area (Å²) in [5.74, 6) is 4.82. The van der Waals surface area contributed by atoms with Crippen molar-refractivity contribution in [2.24, 2.45) is 11.6 Å². The van der Waals surface area contributed by atoms with Crippen molar-refractivity contribution in [2.75, 3.05) is 13.2 Å². The zero-order valence-corrected chi connectivity index (χ0v) is 5.81. The summed E-state index contributed by atoms with van der Waals surface area (Å²) >= 11 is 0. The molecule has 0 radical (unpaired) electrons. The van der Waals surface area contributed by atoms with Gasteiger partial charge in [0.1, 0.15) is 0 Å². The average Bonchev–Trinajstić information content (AvgIpc) is 1.89. The summed E-state index contributed by atoms with van der Waals surface area (Å²) in [6, 6.07) is 0. The molecular weight excluding hydrogens is 116 g/mol. The molecule has 0 spiro atoms. The van der Waals surface area contributed by atoms with Crippen LogP contribution >= 0.6 is 0 Å². The Morgan fingerprint density at radius 3 is 2.22 bits per heavy atom. The minimum Gasteiger partial charge on any atom is -0.330 e. The molecule has 9 heavy (non-hydrogen) atoms. The van der Waals surface area contributed by atoms with Crippen LogP contribution in [0.3, 0.4) is 0 Å². The molecule has 0 heterocycles. The van der Waals surface area contributed by atoms with Crippen molar-refractivity contribution in [3.8, 4) is 0 Å². The lowest BCUT2D eigenvalue weighted by atomic mass is 10.2. The molecule has 0 aliphatic rings. The Bertz CT molecular complexity index is 44.3. The van der Waals surface area contributed by atoms with Gasteiger partial charge < -0.3 is 10.6 Å². The molecule has 0 unspecified atom stereocenters. The van der Waals surface area contributed by atoms with Gasteiger partial charge >= 0.3 is 0 Å². The van der Waals surface area contributed by atoms with E-state index in [0.717, 1.165) is 19.4 Å². The normalized spacial score (nSPS) is 10.0. The number of rotatable bonds is 6. The van der Waals surface area contributed by atoms with Gasteiger partial charge in [0.05, 0.1) is 6.61 Å². The highest BCUT2D eigenvalue weighted by molar-refractivity contribution is 4.41. The van der Waals surface area contributed by atoms with Crippen molar-refractivity contribution < 1.29 is 4.84 Å². The molecule has 0 bridgehead atoms. The van der Waals surface area contributed by atoms with E-state index in [1.54, 1.807) is 0 Å². The van der Waals surface area contributed by atoms with Crippen molar-refractivity contribution >= 4 is 0 Å². The fourth-order valence-corrected chi connectivity index (χ4v) is 0.683. The van der Waals surface area contributed by atoms with Crippen molar-refractivity contribution in [3.05, 3.63) is 0 Å². The van der Waals surface area contributed by atoms with E-state index in [2.05, 4.69) is 4.84 Å². The monoisotopic (exact) mass is 132 g/mol. The molecule has 0 fully saturated rings. The fraction of sp³-hybridized carbons (Fsp3) is 1.00. The number of hydrogen-bond acceptors (Lipinski definition) is 3. The average molecular weight is 132 g/mol. The molecule has 4 N–H and O–H groups in total. The van der Waals surface area contributed by atoms with Crippen LogP contribution in [0.2, 0.25) is 0 Å². The number of nitrogens with two attached hydrogens (primary N) is 2. The number of hydrogen-bond donors (Lipinski definition) is 2. The first-order chi connectivity index (χ1) is 4.41. The van der Waals surface area contributed by atoms with Gasteiger partial charge in [0.15, 0.2) is 0 Å². The Labute approximate surface area is 56.3 Å². The zero-order chi connectivity index (χ0) is 6.95. The van der Waals surface area contributed by atoms with Gasteiger partial charge in [-0.05, 0) is 19.4 Å². The van der Waals surface area contributed by atoms with Gasteiger partial charge in [0, 0.05) is 0 Å². The van der Waals surface area contributed by atoms with E-state index in [9.17, 15) is 0 Å². The van der Waals surface area contributed by atoms with Crippen molar-refractivity contribution in [2.45, 2.75) is 25.7 Å². The molecule has 0 rings (SSSR count). The summed E-state index contributed by atoms with van der Waals surface area (Å²) in [5, 5.41) is 0. The second-order valence-electron chi connectivity index (χ2n) is 2.07. The van der Waals surface area contributed by atoms with Gasteiger partial charge in [-0.3, -0.25) is 0 Å². The predicted octanol–water partition coefficient (Wildman–Crippen LogP) is 0.396. The van der Waals surface area contributed by atoms with Crippen LogP contribution in [-0.2, 0) is 4.84 Å². The first kappa shape index (κ1) is 8.88. The minimum atomic E-state index is 0.671. The van der Waals surface area contributed by atoms with Gasteiger partial charge in [0.2, 0.25) is 0 Å². The Balaban J connectivity index is 2.60. The van der Waals surface area contributed by atoms with Crippen molar-refractivity contribution in [1.82, 2.24) is 0 Å². The summed E-state index contributed by atoms with van der Waals surface area (Å²) in [7, 11) is 0. The topological polar surface area (TPSA) is 61.3 Å². The molecule has 0 saturated heterocycles. The Morgan fingerprint density at radius 1 is 1.00 bits per heavy atom. The smallest absolute Gasteiger partial charge is 0.0679 e. The lowest BCUT2D eigenvalue weighted by Crippen LogP contribution is -2.01. The predicted molar refractivity (Wildman–Crippen MR) is 37.7 cm³/mol. The van der Waals surface area contributed by atoms with Crippen LogP contribution in [0, 0.1) is 0 Å². The molecule has 0 aliphatic carbocycles. The van der Waals surface area contributed by atoms with Crippen LogP contribution in [0.5, 0.6) is 0 Å². The molecule has 3 nitrogen and oxygen atoms in total. The first-order valence-electron chi connectivity index (χ1n) is 3.43. The summed E-state index contributed by atoms with van der Waals surface area (Å²) in [4.78, 5) is 4.39. The lowest BCUT2D eigenvalue weighted by Gasteiger charge is -1.96. The standard InChI is InChI=1S/C6H16N2O/c7-5-3-1-2-4-6-9-8/h1-8H2. The maximum Gasteiger partial charge on any atom is 0.0679 e. The SMILES string of the molecule is NCCCCCCON. The van der Waals surface area contributed by atoms with Gasteiger partial charge in [0.25, 0.3) is 0 Å². The Morgan fingerprint density at radius 2 is 1.67 bits per heavy atom. The van der Waals surface area contributed by atoms with Crippen LogP contribution in [0.4, 0.5) is 0 Å². The maximum atomic E-state index is 5.29. The second-order valence-corrected chi connectivity index (χ2v) is 2.07. The molecule has 0 amide bonds. The molecule has 0 aromatic heterocycles. The van der Waals surface area contributed by atoms with E-state index < -0.39 is 0 Å². The Kier molecular flexibility index (Phi) is 7.77. The maximum absolute atomic E-state index is 5.29. The summed E-state index contributed by atoms with van der Waals surface area (Å²) in [6.07, 6.45) is 4.54. The lowest BCUT2D eigenvalue weighted by molar-refractivity contribution is 0.133. The van der Waals surface area contributed by atoms with E-state index in [1.807, 2.05) is 0 Å². The summed E-state index contributed by atoms with van der Waals surface area (Å²) in [5.41, 5.74) is 5.29. The van der Waals surface area contributed by atoms with Gasteiger partial charge in [-0.25, -0.2) is 5.90 Å². The highest BCUT2D eigenvalue weighted by atomic mass is 16.6. The second kappa shape index (κ2) is 7.88. The highest BCUT2D eigenvalue weighted by Crippen LogP contribution is 1.97. The van der Waals surface area contributed by atoms with Crippen LogP contribution in [0.1, 0.15) is 25.7 Å². The van der Waals surface area contributed by atoms with Crippen LogP contribution in [0.15, 0.2) is 0 Å². The van der Waals surface area contributed by atoms with E-state index in [0.29, 0.717) is 6.61 Å². The van der Waals surface area contributed by atoms with Crippen LogP contribution in [-0.4, -0.2) is 13.2 Å². The third-order valence-corrected chi connectivity index (χ3v) is 1.22. The molecule has 0 saturated carbocycles. The minimum absolute atomic E-state index is 0.671. The zero-order valence-electron chi connectivity index (χ0n) is 5.81. The van der Waals surface area contributed by atoms with E-state index >= 15 is 0 Å². The van der Waals surface area contributed by atoms with Gasteiger partial charge in [-0.2, -0.15) is 0 Å². The molecule has 0 aromatic rings. The molecule has 0 aliphatic heterocycles. The summed E-state index contributed by atoms with van der Waals surface area (Å²) in [6.45, 7) is 1.47. The van der Waals surface area contributed by atoms with E-state index in [4.69, 9.17) is 11.6 Å². The molecule has 0 atom stereocenters. The van der Waals surface area contributed by atoms with Crippen molar-refractivity contribution in [1.29, 1.82) is 0 Å². The first-order valence-corrected chi connectivity index (χ1v) is 3.43. The molecule has 0 aromatic carbocycles. The van der Waals surface area contributed by atoms with Crippen LogP contribution in [0.25, 0.3) is 0 Å². The van der Waals surface area contributed by atoms with Gasteiger partial charge in [-0.1, -0.05) is 12.8 Å². The molecule has 3 heteroatoms. The quantitative estimate of drug-likeness (QED) is 0.406.